The summed E-state index contributed by atoms with van der Waals surface area (Å²) >= 11 is 13.8. The number of thioether (sulfide) groups is 1. The molecule has 5 aromatic rings. The van der Waals surface area contributed by atoms with Gasteiger partial charge < -0.3 is 9.47 Å². The van der Waals surface area contributed by atoms with E-state index in [1.807, 2.05) is 103 Å². The van der Waals surface area contributed by atoms with Crippen molar-refractivity contribution < 1.29 is 14.3 Å². The summed E-state index contributed by atoms with van der Waals surface area (Å²) < 4.78 is 15.7. The Morgan fingerprint density at radius 1 is 1.02 bits per heavy atom. The molecular formula is C36H27ClI2N2O4S2. The second kappa shape index (κ2) is 15.1. The summed E-state index contributed by atoms with van der Waals surface area (Å²) in [6.45, 7) is 2.31. The number of carbonyl (C=O) groups is 1. The minimum absolute atomic E-state index is 0.197. The zero-order chi connectivity index (χ0) is 33.1. The van der Waals surface area contributed by atoms with Crippen LogP contribution in [0.15, 0.2) is 111 Å². The van der Waals surface area contributed by atoms with Crippen LogP contribution in [-0.4, -0.2) is 23.4 Å². The predicted octanol–water partition coefficient (Wildman–Crippen LogP) is 8.10. The van der Waals surface area contributed by atoms with Gasteiger partial charge in [-0.1, -0.05) is 83.6 Å². The fraction of sp³-hybridized carbons (Fsp3) is 0.139. The van der Waals surface area contributed by atoms with Crippen LogP contribution >= 0.6 is 79.9 Å². The molecule has 0 bridgehead atoms. The number of hydrogen-bond acceptors (Lipinski definition) is 7. The first-order chi connectivity index (χ1) is 22.8. The summed E-state index contributed by atoms with van der Waals surface area (Å²) in [5.74, 6) is 0.254. The van der Waals surface area contributed by atoms with Crippen LogP contribution < -0.4 is 19.6 Å². The van der Waals surface area contributed by atoms with Crippen LogP contribution in [0.25, 0.3) is 11.8 Å². The van der Waals surface area contributed by atoms with Crippen LogP contribution in [0, 0.1) is 7.14 Å². The van der Waals surface area contributed by atoms with Gasteiger partial charge in [0.25, 0.3) is 5.56 Å². The number of nitrogens with zero attached hydrogens (tertiary/aromatic N) is 2. The Morgan fingerprint density at radius 3 is 2.36 bits per heavy atom. The molecule has 0 unspecified atom stereocenters. The number of halogens is 3. The van der Waals surface area contributed by atoms with Crippen molar-refractivity contribution in [3.8, 4) is 5.75 Å². The molecule has 0 amide bonds. The highest BCUT2D eigenvalue weighted by atomic mass is 127. The van der Waals surface area contributed by atoms with Gasteiger partial charge in [0, 0.05) is 21.0 Å². The first-order valence-electron chi connectivity index (χ1n) is 14.6. The molecule has 1 aliphatic rings. The highest BCUT2D eigenvalue weighted by Crippen LogP contribution is 2.36. The van der Waals surface area contributed by atoms with Crippen molar-refractivity contribution in [3.05, 3.63) is 151 Å². The summed E-state index contributed by atoms with van der Waals surface area (Å²) in [5.41, 5.74) is 3.92. The molecule has 0 aliphatic carbocycles. The number of thiazole rings is 1. The fourth-order valence-corrected chi connectivity index (χ4v) is 8.99. The number of benzene rings is 4. The molecule has 0 saturated carbocycles. The first-order valence-corrected chi connectivity index (χ1v) is 19.1. The van der Waals surface area contributed by atoms with E-state index in [2.05, 4.69) is 45.2 Å². The molecule has 0 saturated heterocycles. The maximum absolute atomic E-state index is 14.3. The number of rotatable bonds is 9. The van der Waals surface area contributed by atoms with Crippen LogP contribution in [0.1, 0.15) is 35.2 Å². The largest absolute Gasteiger partial charge is 0.487 e. The van der Waals surface area contributed by atoms with Crippen molar-refractivity contribution >= 4 is 97.6 Å². The average molecular weight is 905 g/mol. The maximum atomic E-state index is 14.3. The van der Waals surface area contributed by atoms with Crippen molar-refractivity contribution in [3.63, 3.8) is 0 Å². The summed E-state index contributed by atoms with van der Waals surface area (Å²) in [6.07, 6.45) is 3.88. The Hall–Kier alpha value is -2.91. The minimum atomic E-state index is -0.723. The second-order valence-corrected chi connectivity index (χ2v) is 15.0. The van der Waals surface area contributed by atoms with Crippen molar-refractivity contribution in [2.75, 3.05) is 12.9 Å². The molecule has 0 spiro atoms. The Morgan fingerprint density at radius 2 is 1.70 bits per heavy atom. The van der Waals surface area contributed by atoms with Crippen LogP contribution in [0.3, 0.4) is 0 Å². The minimum Gasteiger partial charge on any atom is -0.487 e. The Kier molecular flexibility index (Phi) is 10.9. The lowest BCUT2D eigenvalue weighted by molar-refractivity contribution is -0.138. The fourth-order valence-electron chi connectivity index (χ4n) is 5.26. The lowest BCUT2D eigenvalue weighted by atomic mass is 9.93. The van der Waals surface area contributed by atoms with E-state index >= 15 is 0 Å². The molecule has 2 heterocycles. The second-order valence-electron chi connectivity index (χ2n) is 10.4. The van der Waals surface area contributed by atoms with Crippen LogP contribution in [-0.2, 0) is 16.1 Å². The quantitative estimate of drug-likeness (QED) is 0.0851. The summed E-state index contributed by atoms with van der Waals surface area (Å²) in [7, 11) is 0. The van der Waals surface area contributed by atoms with E-state index in [0.29, 0.717) is 32.2 Å². The van der Waals surface area contributed by atoms with E-state index in [1.165, 1.54) is 11.3 Å². The molecule has 6 rings (SSSR count). The third kappa shape index (κ3) is 7.26. The van der Waals surface area contributed by atoms with E-state index in [9.17, 15) is 9.59 Å². The van der Waals surface area contributed by atoms with Crippen molar-refractivity contribution in [1.29, 1.82) is 0 Å². The lowest BCUT2D eigenvalue weighted by Crippen LogP contribution is -2.40. The average Bonchev–Trinajstić information content (AvgIpc) is 3.38. The Labute approximate surface area is 312 Å². The van der Waals surface area contributed by atoms with Crippen LogP contribution in [0.4, 0.5) is 0 Å². The van der Waals surface area contributed by atoms with E-state index in [4.69, 9.17) is 26.1 Å². The molecule has 6 nitrogen and oxygen atoms in total. The molecule has 0 radical (unpaired) electrons. The number of carbonyl (C=O) groups excluding carboxylic acids is 1. The standard InChI is InChI=1S/C36H27ClI2N2O4S2/c1-3-44-35(43)30-31(22-9-5-4-6-10-22)40-36-41(32(30)23-13-15-25(46-2)16-14-23)34(42)29(47-36)19-21-17-27(38)33(28(39)18-21)45-20-24-11-7-8-12-26(24)37/h4-19,32H,3,20H2,1-2H3/b29-19-/t32-/m0/s1. The zero-order valence-corrected chi connectivity index (χ0v) is 31.9. The maximum Gasteiger partial charge on any atom is 0.338 e. The molecule has 1 aliphatic heterocycles. The molecule has 1 atom stereocenters. The number of hydrogen-bond donors (Lipinski definition) is 0. The number of ether oxygens (including phenoxy) is 2. The van der Waals surface area contributed by atoms with E-state index in [0.717, 1.165) is 40.0 Å². The lowest BCUT2D eigenvalue weighted by Gasteiger charge is -2.26. The molecule has 0 N–H and O–H groups in total. The molecule has 47 heavy (non-hydrogen) atoms. The van der Waals surface area contributed by atoms with Gasteiger partial charge in [-0.3, -0.25) is 9.36 Å². The highest BCUT2D eigenvalue weighted by molar-refractivity contribution is 14.1. The predicted molar refractivity (Wildman–Crippen MR) is 207 cm³/mol. The smallest absolute Gasteiger partial charge is 0.338 e. The summed E-state index contributed by atoms with van der Waals surface area (Å²) in [6, 6.07) is 28.4. The van der Waals surface area contributed by atoms with Crippen molar-refractivity contribution in [2.45, 2.75) is 24.5 Å². The van der Waals surface area contributed by atoms with E-state index in [1.54, 1.807) is 23.3 Å². The van der Waals surface area contributed by atoms with E-state index < -0.39 is 12.0 Å². The van der Waals surface area contributed by atoms with Crippen LogP contribution in [0.5, 0.6) is 5.75 Å². The number of fused-ring (bicyclic) bond motifs is 1. The molecule has 1 aromatic heterocycles. The third-order valence-corrected chi connectivity index (χ3v) is 11.2. The van der Waals surface area contributed by atoms with Gasteiger partial charge in [-0.15, -0.1) is 11.8 Å². The number of aromatic nitrogens is 1. The monoisotopic (exact) mass is 904 g/mol. The van der Waals surface area contributed by atoms with Gasteiger partial charge in [-0.25, -0.2) is 9.79 Å². The topological polar surface area (TPSA) is 69.9 Å². The Balaban J connectivity index is 1.48. The van der Waals surface area contributed by atoms with Crippen molar-refractivity contribution in [2.24, 2.45) is 4.99 Å². The zero-order valence-electron chi connectivity index (χ0n) is 25.2. The van der Waals surface area contributed by atoms with Gasteiger partial charge >= 0.3 is 5.97 Å². The van der Waals surface area contributed by atoms with Gasteiger partial charge in [0.15, 0.2) is 4.80 Å². The van der Waals surface area contributed by atoms with Gasteiger partial charge in [0.2, 0.25) is 0 Å². The van der Waals surface area contributed by atoms with E-state index in [-0.39, 0.29) is 12.2 Å². The molecule has 238 valence electrons. The molecule has 4 aromatic carbocycles. The Bertz CT molecular complexity index is 2160. The summed E-state index contributed by atoms with van der Waals surface area (Å²) in [5, 5.41) is 0.657. The van der Waals surface area contributed by atoms with Gasteiger partial charge in [0.1, 0.15) is 12.4 Å². The highest BCUT2D eigenvalue weighted by Gasteiger charge is 2.35. The van der Waals surface area contributed by atoms with Crippen LogP contribution in [0.2, 0.25) is 5.02 Å². The molecule has 11 heteroatoms. The first kappa shape index (κ1) is 34.0. The summed E-state index contributed by atoms with van der Waals surface area (Å²) in [4.78, 5) is 34.5. The SMILES string of the molecule is CCOC(=O)C1=C(c2ccccc2)N=c2s/c(=C\c3cc(I)c(OCc4ccccc4Cl)c(I)c3)c(=O)n2[C@H]1c1ccc(SC)cc1. The number of esters is 1. The molecular weight excluding hydrogens is 878 g/mol. The normalized spacial score (nSPS) is 14.5. The van der Waals surface area contributed by atoms with Gasteiger partial charge in [0.05, 0.1) is 35.6 Å². The third-order valence-electron chi connectivity index (χ3n) is 7.45. The molecule has 0 fully saturated rings. The van der Waals surface area contributed by atoms with Gasteiger partial charge in [-0.2, -0.15) is 0 Å². The van der Waals surface area contributed by atoms with Crippen molar-refractivity contribution in [1.82, 2.24) is 4.57 Å². The van der Waals surface area contributed by atoms with Gasteiger partial charge in [-0.05, 0) is 106 Å².